The van der Waals surface area contributed by atoms with Crippen LogP contribution < -0.4 is 9.80 Å². The summed E-state index contributed by atoms with van der Waals surface area (Å²) in [6.07, 6.45) is 2.84. The quantitative estimate of drug-likeness (QED) is 0.647. The maximum Gasteiger partial charge on any atom is 0.331 e. The number of imidazole rings is 1. The summed E-state index contributed by atoms with van der Waals surface area (Å²) in [7, 11) is 3.95. The highest BCUT2D eigenvalue weighted by Gasteiger charge is 2.32. The highest BCUT2D eigenvalue weighted by atomic mass is 16.2. The van der Waals surface area contributed by atoms with E-state index in [1.807, 2.05) is 54.5 Å². The van der Waals surface area contributed by atoms with Crippen molar-refractivity contribution in [3.05, 3.63) is 48.7 Å². The lowest BCUT2D eigenvalue weighted by Gasteiger charge is -2.37. The van der Waals surface area contributed by atoms with Crippen LogP contribution in [0.15, 0.2) is 48.7 Å². The second-order valence-electron chi connectivity index (χ2n) is 8.47. The lowest BCUT2D eigenvalue weighted by atomic mass is 10.1. The van der Waals surface area contributed by atoms with Gasteiger partial charge in [-0.1, -0.05) is 18.2 Å². The molecule has 0 N–H and O–H groups in total. The van der Waals surface area contributed by atoms with E-state index in [1.165, 1.54) is 0 Å². The number of para-hydroxylation sites is 2. The molecule has 5 rings (SSSR count). The third-order valence-corrected chi connectivity index (χ3v) is 6.53. The van der Waals surface area contributed by atoms with Crippen LogP contribution in [0.1, 0.15) is 6.42 Å². The molecular weight excluding hydrogens is 390 g/mol. The third-order valence-electron chi connectivity index (χ3n) is 6.53. The Balaban J connectivity index is 1.26. The van der Waals surface area contributed by atoms with Gasteiger partial charge in [-0.15, -0.1) is 0 Å². The number of anilines is 2. The second-order valence-corrected chi connectivity index (χ2v) is 8.47. The van der Waals surface area contributed by atoms with Gasteiger partial charge < -0.3 is 14.7 Å². The molecule has 8 nitrogen and oxygen atoms in total. The Hall–Kier alpha value is -3.13. The monoisotopic (exact) mass is 419 g/mol. The number of piperazine rings is 1. The zero-order valence-corrected chi connectivity index (χ0v) is 18.2. The molecule has 2 aliphatic heterocycles. The molecule has 0 bridgehead atoms. The van der Waals surface area contributed by atoms with Crippen LogP contribution in [0.5, 0.6) is 0 Å². The van der Waals surface area contributed by atoms with Crippen molar-refractivity contribution in [3.8, 4) is 0 Å². The first-order valence-electron chi connectivity index (χ1n) is 11.0. The van der Waals surface area contributed by atoms with Crippen LogP contribution in [-0.2, 0) is 0 Å². The van der Waals surface area contributed by atoms with Gasteiger partial charge in [-0.2, -0.15) is 0 Å². The Kier molecular flexibility index (Phi) is 5.23. The maximum atomic E-state index is 13.1. The average Bonchev–Trinajstić information content (AvgIpc) is 3.17. The number of hydrogen-bond donors (Lipinski definition) is 0. The topological polar surface area (TPSA) is 60.7 Å². The van der Waals surface area contributed by atoms with E-state index < -0.39 is 0 Å². The van der Waals surface area contributed by atoms with Gasteiger partial charge in [0.2, 0.25) is 5.95 Å². The fourth-order valence-corrected chi connectivity index (χ4v) is 4.65. The van der Waals surface area contributed by atoms with Crippen molar-refractivity contribution in [2.75, 3.05) is 63.2 Å². The molecule has 0 spiro atoms. The Morgan fingerprint density at radius 1 is 1.00 bits per heavy atom. The van der Waals surface area contributed by atoms with E-state index in [2.05, 4.69) is 32.8 Å². The summed E-state index contributed by atoms with van der Waals surface area (Å²) in [6, 6.07) is 14.1. The van der Waals surface area contributed by atoms with Gasteiger partial charge in [-0.25, -0.2) is 19.3 Å². The molecule has 162 valence electrons. The van der Waals surface area contributed by atoms with E-state index in [0.717, 1.165) is 61.9 Å². The maximum absolute atomic E-state index is 13.1. The molecule has 2 aromatic heterocycles. The van der Waals surface area contributed by atoms with Gasteiger partial charge in [-0.05, 0) is 30.7 Å². The molecule has 0 aliphatic carbocycles. The van der Waals surface area contributed by atoms with Crippen LogP contribution in [0.2, 0.25) is 0 Å². The van der Waals surface area contributed by atoms with Crippen LogP contribution in [0.25, 0.3) is 11.0 Å². The Labute approximate surface area is 182 Å². The fourth-order valence-electron chi connectivity index (χ4n) is 4.65. The molecule has 3 aromatic rings. The summed E-state index contributed by atoms with van der Waals surface area (Å²) < 4.78 is 1.75. The van der Waals surface area contributed by atoms with E-state index in [9.17, 15) is 4.79 Å². The zero-order chi connectivity index (χ0) is 21.4. The normalized spacial score (nSPS) is 20.3. The average molecular weight is 420 g/mol. The number of likely N-dealkylation sites (N-methyl/N-ethyl adjacent to an activating group) is 2. The first kappa shape index (κ1) is 19.8. The number of carbonyl (C=O) groups excluding carboxylic acids is 1. The summed E-state index contributed by atoms with van der Waals surface area (Å²) in [6.45, 7) is 5.74. The van der Waals surface area contributed by atoms with Crippen molar-refractivity contribution in [1.82, 2.24) is 24.3 Å². The van der Waals surface area contributed by atoms with Crippen LogP contribution >= 0.6 is 0 Å². The number of fused-ring (bicyclic) bond motifs is 3. The first-order valence-corrected chi connectivity index (χ1v) is 11.0. The predicted octanol–water partition coefficient (Wildman–Crippen LogP) is 2.36. The molecule has 31 heavy (non-hydrogen) atoms. The van der Waals surface area contributed by atoms with Crippen LogP contribution in [0, 0.1) is 0 Å². The van der Waals surface area contributed by atoms with Gasteiger partial charge in [0.1, 0.15) is 5.82 Å². The van der Waals surface area contributed by atoms with Gasteiger partial charge in [0.05, 0.1) is 17.1 Å². The molecule has 8 heteroatoms. The van der Waals surface area contributed by atoms with Gasteiger partial charge in [0.25, 0.3) is 0 Å². The van der Waals surface area contributed by atoms with Crippen LogP contribution in [-0.4, -0.2) is 89.8 Å². The van der Waals surface area contributed by atoms with E-state index in [-0.39, 0.29) is 12.1 Å². The predicted molar refractivity (Wildman–Crippen MR) is 123 cm³/mol. The summed E-state index contributed by atoms with van der Waals surface area (Å²) in [5, 5.41) is 0. The number of amides is 1. The molecule has 1 unspecified atom stereocenters. The summed E-state index contributed by atoms with van der Waals surface area (Å²) in [5.74, 6) is 1.80. The fraction of sp³-hybridized carbons (Fsp3) is 0.435. The number of hydrogen-bond acceptors (Lipinski definition) is 6. The Bertz CT molecular complexity index is 1060. The van der Waals surface area contributed by atoms with Gasteiger partial charge in [-0.3, -0.25) is 4.90 Å². The van der Waals surface area contributed by atoms with Crippen molar-refractivity contribution in [3.63, 3.8) is 0 Å². The highest BCUT2D eigenvalue weighted by Crippen LogP contribution is 2.27. The van der Waals surface area contributed by atoms with Crippen molar-refractivity contribution in [2.45, 2.75) is 12.5 Å². The minimum Gasteiger partial charge on any atom is -0.354 e. The smallest absolute Gasteiger partial charge is 0.331 e. The van der Waals surface area contributed by atoms with Gasteiger partial charge >= 0.3 is 6.03 Å². The molecule has 0 saturated carbocycles. The van der Waals surface area contributed by atoms with E-state index >= 15 is 0 Å². The van der Waals surface area contributed by atoms with Crippen molar-refractivity contribution in [2.24, 2.45) is 0 Å². The van der Waals surface area contributed by atoms with Crippen LogP contribution in [0.3, 0.4) is 0 Å². The van der Waals surface area contributed by atoms with Crippen molar-refractivity contribution in [1.29, 1.82) is 0 Å². The summed E-state index contributed by atoms with van der Waals surface area (Å²) in [4.78, 5) is 31.2. The SMILES string of the molecule is CN1CC(CCN2CCN(c3ccccn3)CC2)N(C)c2nc3ccccc3n2C1=O. The highest BCUT2D eigenvalue weighted by molar-refractivity contribution is 5.93. The van der Waals surface area contributed by atoms with Gasteiger partial charge in [0, 0.05) is 59.6 Å². The van der Waals surface area contributed by atoms with E-state index in [0.29, 0.717) is 6.54 Å². The first-order chi connectivity index (χ1) is 15.1. The van der Waals surface area contributed by atoms with E-state index in [1.54, 1.807) is 4.57 Å². The Morgan fingerprint density at radius 3 is 2.55 bits per heavy atom. The van der Waals surface area contributed by atoms with Crippen LogP contribution in [0.4, 0.5) is 16.6 Å². The molecule has 1 atom stereocenters. The molecule has 1 saturated heterocycles. The molecular formula is C23H29N7O. The minimum absolute atomic E-state index is 0.0120. The minimum atomic E-state index is -0.0120. The lowest BCUT2D eigenvalue weighted by molar-refractivity contribution is 0.207. The van der Waals surface area contributed by atoms with Crippen molar-refractivity contribution >= 4 is 28.8 Å². The van der Waals surface area contributed by atoms with Crippen molar-refractivity contribution < 1.29 is 4.79 Å². The molecule has 1 aromatic carbocycles. The zero-order valence-electron chi connectivity index (χ0n) is 18.2. The molecule has 4 heterocycles. The number of aromatic nitrogens is 3. The third kappa shape index (κ3) is 3.72. The molecule has 1 amide bonds. The van der Waals surface area contributed by atoms with E-state index in [4.69, 9.17) is 4.98 Å². The number of carbonyl (C=O) groups is 1. The summed E-state index contributed by atoms with van der Waals surface area (Å²) >= 11 is 0. The standard InChI is InChI=1S/C23H29N7O/c1-26-17-18(10-12-28-13-15-29(16-14-28)21-9-5-6-11-24-21)27(2)22-25-19-7-3-4-8-20(19)30(22)23(26)31/h3-9,11,18H,10,12-17H2,1-2H3. The number of benzene rings is 1. The molecule has 2 aliphatic rings. The largest absolute Gasteiger partial charge is 0.354 e. The number of rotatable bonds is 4. The second kappa shape index (κ2) is 8.19. The Morgan fingerprint density at radius 2 is 1.77 bits per heavy atom. The molecule has 0 radical (unpaired) electrons. The van der Waals surface area contributed by atoms with Gasteiger partial charge in [0.15, 0.2) is 0 Å². The lowest BCUT2D eigenvalue weighted by Crippen LogP contribution is -2.48. The molecule has 1 fully saturated rings. The summed E-state index contributed by atoms with van der Waals surface area (Å²) in [5.41, 5.74) is 1.73. The number of nitrogens with zero attached hydrogens (tertiary/aromatic N) is 7. The number of pyridine rings is 1.